The van der Waals surface area contributed by atoms with Crippen LogP contribution in [0.25, 0.3) is 0 Å². The molecule has 0 aliphatic carbocycles. The Hall–Kier alpha value is -3.04. The number of carbonyl (C=O) groups excluding carboxylic acids is 2. The number of hydrazine groups is 1. The molecule has 0 spiro atoms. The van der Waals surface area contributed by atoms with Crippen molar-refractivity contribution in [3.8, 4) is 17.2 Å². The molecule has 0 aliphatic rings. The fourth-order valence-corrected chi connectivity index (χ4v) is 3.73. The molecule has 3 aromatic rings. The first-order valence-electron chi connectivity index (χ1n) is 9.59. The molecule has 2 amide bonds. The lowest BCUT2D eigenvalue weighted by Gasteiger charge is -2.13. The van der Waals surface area contributed by atoms with Crippen LogP contribution in [-0.2, 0) is 4.79 Å². The quantitative estimate of drug-likeness (QED) is 0.295. The van der Waals surface area contributed by atoms with Gasteiger partial charge in [0.1, 0.15) is 30.5 Å². The molecule has 2 N–H and O–H groups in total. The van der Waals surface area contributed by atoms with Crippen LogP contribution < -0.4 is 25.1 Å². The van der Waals surface area contributed by atoms with Crippen molar-refractivity contribution in [2.45, 2.75) is 0 Å². The predicted octanol–water partition coefficient (Wildman–Crippen LogP) is 4.51. The van der Waals surface area contributed by atoms with Gasteiger partial charge in [0.05, 0.1) is 10.0 Å². The van der Waals surface area contributed by atoms with Gasteiger partial charge in [-0.25, -0.2) is 0 Å². The summed E-state index contributed by atoms with van der Waals surface area (Å²) in [5.74, 6) is 0.602. The summed E-state index contributed by atoms with van der Waals surface area (Å²) in [6.45, 7) is 0.302. The van der Waals surface area contributed by atoms with Crippen LogP contribution in [0.5, 0.6) is 17.2 Å². The van der Waals surface area contributed by atoms with Crippen molar-refractivity contribution in [3.05, 3.63) is 87.3 Å². The van der Waals surface area contributed by atoms with Crippen LogP contribution >= 0.6 is 31.9 Å². The van der Waals surface area contributed by atoms with E-state index >= 15 is 0 Å². The molecule has 0 saturated carbocycles. The third kappa shape index (κ3) is 7.28. The second-order valence-corrected chi connectivity index (χ2v) is 8.14. The highest BCUT2D eigenvalue weighted by molar-refractivity contribution is 9.11. The van der Waals surface area contributed by atoms with Gasteiger partial charge in [0.25, 0.3) is 11.8 Å². The monoisotopic (exact) mass is 562 g/mol. The number of carbonyl (C=O) groups is 2. The van der Waals surface area contributed by atoms with Gasteiger partial charge in [0, 0.05) is 4.47 Å². The number of halogens is 2. The second-order valence-electron chi connectivity index (χ2n) is 6.37. The van der Waals surface area contributed by atoms with E-state index in [4.69, 9.17) is 14.2 Å². The van der Waals surface area contributed by atoms with Gasteiger partial charge < -0.3 is 14.2 Å². The summed E-state index contributed by atoms with van der Waals surface area (Å²) < 4.78 is 18.3. The maximum atomic E-state index is 12.5. The summed E-state index contributed by atoms with van der Waals surface area (Å²) >= 11 is 6.70. The lowest BCUT2D eigenvalue weighted by molar-refractivity contribution is -0.123. The van der Waals surface area contributed by atoms with Crippen molar-refractivity contribution in [3.63, 3.8) is 0 Å². The Balaban J connectivity index is 1.45. The number of ether oxygens (including phenoxy) is 3. The summed E-state index contributed by atoms with van der Waals surface area (Å²) in [4.78, 5) is 24.5. The van der Waals surface area contributed by atoms with Crippen LogP contribution in [0.3, 0.4) is 0 Å². The van der Waals surface area contributed by atoms with Crippen LogP contribution in [-0.4, -0.2) is 31.6 Å². The van der Waals surface area contributed by atoms with E-state index in [0.717, 1.165) is 10.2 Å². The molecule has 0 saturated heterocycles. The third-order valence-corrected chi connectivity index (χ3v) is 5.17. The summed E-state index contributed by atoms with van der Waals surface area (Å²) in [5, 5.41) is 0. The van der Waals surface area contributed by atoms with Gasteiger partial charge in [-0.1, -0.05) is 46.3 Å². The zero-order valence-electron chi connectivity index (χ0n) is 16.8. The third-order valence-electron chi connectivity index (χ3n) is 4.05. The molecule has 0 atom stereocenters. The van der Waals surface area contributed by atoms with Gasteiger partial charge in [0.15, 0.2) is 6.61 Å². The smallest absolute Gasteiger partial charge is 0.276 e. The Morgan fingerprint density at radius 2 is 1.47 bits per heavy atom. The highest BCUT2D eigenvalue weighted by Crippen LogP contribution is 2.28. The highest BCUT2D eigenvalue weighted by Gasteiger charge is 2.13. The molecule has 7 nitrogen and oxygen atoms in total. The highest BCUT2D eigenvalue weighted by atomic mass is 79.9. The average Bonchev–Trinajstić information content (AvgIpc) is 2.80. The van der Waals surface area contributed by atoms with E-state index in [-0.39, 0.29) is 18.8 Å². The number of amides is 2. The van der Waals surface area contributed by atoms with Gasteiger partial charge in [-0.15, -0.1) is 0 Å². The van der Waals surface area contributed by atoms with Crippen molar-refractivity contribution >= 4 is 43.7 Å². The Morgan fingerprint density at radius 1 is 0.750 bits per heavy atom. The SMILES string of the molecule is O=C(COc1ccc(Br)cc1Br)NNC(=O)c1ccccc1OCCOc1ccccc1. The van der Waals surface area contributed by atoms with E-state index in [2.05, 4.69) is 42.7 Å². The maximum Gasteiger partial charge on any atom is 0.276 e. The van der Waals surface area contributed by atoms with Crippen molar-refractivity contribution < 1.29 is 23.8 Å². The van der Waals surface area contributed by atoms with Crippen LogP contribution in [0.1, 0.15) is 10.4 Å². The van der Waals surface area contributed by atoms with Gasteiger partial charge in [-0.3, -0.25) is 20.4 Å². The molecular formula is C23H20Br2N2O5. The molecular weight excluding hydrogens is 544 g/mol. The largest absolute Gasteiger partial charge is 0.490 e. The van der Waals surface area contributed by atoms with Crippen LogP contribution in [0.2, 0.25) is 0 Å². The van der Waals surface area contributed by atoms with Gasteiger partial charge in [-0.05, 0) is 58.4 Å². The fraction of sp³-hybridized carbons (Fsp3) is 0.130. The van der Waals surface area contributed by atoms with E-state index in [1.165, 1.54) is 0 Å². The molecule has 0 radical (unpaired) electrons. The van der Waals surface area contributed by atoms with Crippen molar-refractivity contribution in [2.24, 2.45) is 0 Å². The summed E-state index contributed by atoms with van der Waals surface area (Å²) in [5.41, 5.74) is 4.98. The molecule has 0 fully saturated rings. The molecule has 0 aliphatic heterocycles. The number of rotatable bonds is 9. The Bertz CT molecular complexity index is 1060. The minimum atomic E-state index is -0.511. The fourth-order valence-electron chi connectivity index (χ4n) is 2.57. The van der Waals surface area contributed by atoms with Crippen LogP contribution in [0.15, 0.2) is 81.7 Å². The molecule has 0 heterocycles. The van der Waals surface area contributed by atoms with E-state index in [1.54, 1.807) is 42.5 Å². The average molecular weight is 564 g/mol. The minimum Gasteiger partial charge on any atom is -0.490 e. The number of para-hydroxylation sites is 2. The molecule has 3 aromatic carbocycles. The Kier molecular flexibility index (Phi) is 8.94. The second kappa shape index (κ2) is 12.1. The standard InChI is InChI=1S/C23H20Br2N2O5/c24-16-10-11-21(19(25)14-16)32-15-22(28)26-27-23(29)18-8-4-5-9-20(18)31-13-12-30-17-6-2-1-3-7-17/h1-11,14H,12-13,15H2,(H,26,28)(H,27,29). The molecule has 0 unspecified atom stereocenters. The minimum absolute atomic E-state index is 0.251. The molecule has 166 valence electrons. The Labute approximate surface area is 202 Å². The van der Waals surface area contributed by atoms with Crippen LogP contribution in [0, 0.1) is 0 Å². The van der Waals surface area contributed by atoms with Crippen LogP contribution in [0.4, 0.5) is 0 Å². The zero-order chi connectivity index (χ0) is 22.8. The van der Waals surface area contributed by atoms with E-state index in [0.29, 0.717) is 22.6 Å². The number of hydrogen-bond donors (Lipinski definition) is 2. The van der Waals surface area contributed by atoms with Crippen molar-refractivity contribution in [2.75, 3.05) is 19.8 Å². The van der Waals surface area contributed by atoms with Crippen molar-refractivity contribution in [1.82, 2.24) is 10.9 Å². The van der Waals surface area contributed by atoms with Gasteiger partial charge in [-0.2, -0.15) is 0 Å². The van der Waals surface area contributed by atoms with Gasteiger partial charge in [0.2, 0.25) is 0 Å². The number of benzene rings is 3. The first kappa shape index (κ1) is 23.6. The molecule has 0 aromatic heterocycles. The molecule has 32 heavy (non-hydrogen) atoms. The normalized spacial score (nSPS) is 10.2. The number of nitrogens with one attached hydrogen (secondary N) is 2. The molecule has 0 bridgehead atoms. The number of hydrogen-bond acceptors (Lipinski definition) is 5. The molecule has 3 rings (SSSR count). The summed E-state index contributed by atoms with van der Waals surface area (Å²) in [6, 6.07) is 21.4. The summed E-state index contributed by atoms with van der Waals surface area (Å²) in [6.07, 6.45) is 0. The topological polar surface area (TPSA) is 85.9 Å². The van der Waals surface area contributed by atoms with E-state index in [1.807, 2.05) is 30.3 Å². The maximum absolute atomic E-state index is 12.5. The van der Waals surface area contributed by atoms with Crippen molar-refractivity contribution in [1.29, 1.82) is 0 Å². The lowest BCUT2D eigenvalue weighted by Crippen LogP contribution is -2.44. The molecule has 9 heteroatoms. The summed E-state index contributed by atoms with van der Waals surface area (Å²) in [7, 11) is 0. The predicted molar refractivity (Wildman–Crippen MR) is 127 cm³/mol. The van der Waals surface area contributed by atoms with E-state index < -0.39 is 11.8 Å². The van der Waals surface area contributed by atoms with Gasteiger partial charge >= 0.3 is 0 Å². The first-order valence-corrected chi connectivity index (χ1v) is 11.2. The van der Waals surface area contributed by atoms with E-state index in [9.17, 15) is 9.59 Å². The zero-order valence-corrected chi connectivity index (χ0v) is 20.0. The first-order chi connectivity index (χ1) is 15.5. The lowest BCUT2D eigenvalue weighted by atomic mass is 10.2. The Morgan fingerprint density at radius 3 is 2.25 bits per heavy atom.